The Hall–Kier alpha value is -1.88. The van der Waals surface area contributed by atoms with Crippen LogP contribution in [0.15, 0.2) is 29.4 Å². The Morgan fingerprint density at radius 2 is 2.25 bits per heavy atom. The fourth-order valence-electron chi connectivity index (χ4n) is 2.57. The number of hydrogen-bond acceptors (Lipinski definition) is 3. The number of nitrogens with one attached hydrogen (secondary N) is 1. The number of nitrogens with two attached hydrogens (primary N) is 1. The predicted molar refractivity (Wildman–Crippen MR) is 80.4 cm³/mol. The monoisotopic (exact) mass is 274 g/mol. The summed E-state index contributed by atoms with van der Waals surface area (Å²) in [4.78, 5) is 13.0. The highest BCUT2D eigenvalue weighted by Crippen LogP contribution is 2.17. The van der Waals surface area contributed by atoms with Crippen LogP contribution in [0.5, 0.6) is 0 Å². The quantitative estimate of drug-likeness (QED) is 0.650. The SMILES string of the molecule is CC1CCCN(Cc2ccc(C=NNC(N)=O)cc2)C1. The molecule has 0 aliphatic carbocycles. The van der Waals surface area contributed by atoms with E-state index < -0.39 is 6.03 Å². The van der Waals surface area contributed by atoms with E-state index in [0.29, 0.717) is 0 Å². The van der Waals surface area contributed by atoms with Gasteiger partial charge in [-0.25, -0.2) is 10.2 Å². The standard InChI is InChI=1S/C15H22N4O/c1-12-3-2-8-19(10-12)11-14-6-4-13(5-7-14)9-17-18-15(16)20/h4-7,9,12H,2-3,8,10-11H2,1H3,(H3,16,18,20). The van der Waals surface area contributed by atoms with Gasteiger partial charge in [-0.15, -0.1) is 0 Å². The molecule has 0 spiro atoms. The molecule has 1 heterocycles. The van der Waals surface area contributed by atoms with Gasteiger partial charge in [-0.2, -0.15) is 5.10 Å². The van der Waals surface area contributed by atoms with Crippen molar-refractivity contribution >= 4 is 12.2 Å². The second-order valence-corrected chi connectivity index (χ2v) is 5.46. The molecule has 1 unspecified atom stereocenters. The Balaban J connectivity index is 1.87. The lowest BCUT2D eigenvalue weighted by Crippen LogP contribution is -2.33. The van der Waals surface area contributed by atoms with Gasteiger partial charge in [0.2, 0.25) is 0 Å². The van der Waals surface area contributed by atoms with E-state index >= 15 is 0 Å². The number of carbonyl (C=O) groups excluding carboxylic acids is 1. The van der Waals surface area contributed by atoms with Gasteiger partial charge >= 0.3 is 6.03 Å². The van der Waals surface area contributed by atoms with Crippen molar-refractivity contribution in [2.24, 2.45) is 16.8 Å². The van der Waals surface area contributed by atoms with Crippen molar-refractivity contribution in [3.05, 3.63) is 35.4 Å². The molecule has 1 aromatic carbocycles. The lowest BCUT2D eigenvalue weighted by molar-refractivity contribution is 0.176. The van der Waals surface area contributed by atoms with Crippen molar-refractivity contribution in [1.29, 1.82) is 0 Å². The van der Waals surface area contributed by atoms with Gasteiger partial charge in [0.25, 0.3) is 0 Å². The van der Waals surface area contributed by atoms with Crippen LogP contribution in [-0.2, 0) is 6.54 Å². The molecule has 5 nitrogen and oxygen atoms in total. The average molecular weight is 274 g/mol. The van der Waals surface area contributed by atoms with Gasteiger partial charge in [0.1, 0.15) is 0 Å². The minimum Gasteiger partial charge on any atom is -0.350 e. The number of carbonyl (C=O) groups is 1. The number of benzene rings is 1. The Morgan fingerprint density at radius 3 is 2.90 bits per heavy atom. The van der Waals surface area contributed by atoms with Crippen LogP contribution in [0, 0.1) is 5.92 Å². The van der Waals surface area contributed by atoms with E-state index in [4.69, 9.17) is 5.73 Å². The first-order valence-electron chi connectivity index (χ1n) is 7.03. The number of primary amides is 1. The first kappa shape index (κ1) is 14.5. The third-order valence-corrected chi connectivity index (χ3v) is 3.52. The van der Waals surface area contributed by atoms with Gasteiger partial charge in [0, 0.05) is 13.1 Å². The molecule has 20 heavy (non-hydrogen) atoms. The van der Waals surface area contributed by atoms with Crippen molar-refractivity contribution in [3.8, 4) is 0 Å². The largest absolute Gasteiger partial charge is 0.350 e. The number of nitrogens with zero attached hydrogens (tertiary/aromatic N) is 2. The van der Waals surface area contributed by atoms with E-state index in [2.05, 4.69) is 34.5 Å². The average Bonchev–Trinajstić information content (AvgIpc) is 2.40. The molecule has 1 aliphatic rings. The smallest absolute Gasteiger partial charge is 0.332 e. The molecule has 1 fully saturated rings. The van der Waals surface area contributed by atoms with Crippen LogP contribution >= 0.6 is 0 Å². The third kappa shape index (κ3) is 4.66. The normalized spacial score (nSPS) is 20.1. The van der Waals surface area contributed by atoms with Gasteiger partial charge in [-0.3, -0.25) is 4.90 Å². The van der Waals surface area contributed by atoms with Gasteiger partial charge in [0.05, 0.1) is 6.21 Å². The molecule has 108 valence electrons. The van der Waals surface area contributed by atoms with Crippen LogP contribution in [0.25, 0.3) is 0 Å². The summed E-state index contributed by atoms with van der Waals surface area (Å²) in [6.45, 7) is 5.70. The molecule has 3 N–H and O–H groups in total. The topological polar surface area (TPSA) is 70.7 Å². The summed E-state index contributed by atoms with van der Waals surface area (Å²) in [5.74, 6) is 0.801. The van der Waals surface area contributed by atoms with Crippen LogP contribution in [0.2, 0.25) is 0 Å². The van der Waals surface area contributed by atoms with Gasteiger partial charge in [0.15, 0.2) is 0 Å². The van der Waals surface area contributed by atoms with Crippen LogP contribution in [0.4, 0.5) is 4.79 Å². The molecule has 0 bridgehead atoms. The summed E-state index contributed by atoms with van der Waals surface area (Å²) in [6.07, 6.45) is 4.22. The molecule has 2 rings (SSSR count). The highest BCUT2D eigenvalue weighted by atomic mass is 16.2. The van der Waals surface area contributed by atoms with Crippen molar-refractivity contribution in [1.82, 2.24) is 10.3 Å². The fourth-order valence-corrected chi connectivity index (χ4v) is 2.57. The Labute approximate surface area is 119 Å². The number of piperidine rings is 1. The highest BCUT2D eigenvalue weighted by molar-refractivity contribution is 5.81. The zero-order valence-electron chi connectivity index (χ0n) is 11.9. The Bertz CT molecular complexity index is 469. The molecule has 5 heteroatoms. The molecule has 0 aromatic heterocycles. The molecule has 1 saturated heterocycles. The number of likely N-dealkylation sites (tertiary alicyclic amines) is 1. The van der Waals surface area contributed by atoms with E-state index in [1.807, 2.05) is 12.1 Å². The molecule has 1 atom stereocenters. The lowest BCUT2D eigenvalue weighted by Gasteiger charge is -2.30. The molecule has 2 amide bonds. The predicted octanol–water partition coefficient (Wildman–Crippen LogP) is 1.92. The van der Waals surface area contributed by atoms with Gasteiger partial charge in [-0.05, 0) is 36.4 Å². The fraction of sp³-hybridized carbons (Fsp3) is 0.467. The minimum atomic E-state index is -0.655. The van der Waals surface area contributed by atoms with Gasteiger partial charge < -0.3 is 5.73 Å². The maximum Gasteiger partial charge on any atom is 0.332 e. The molecule has 1 aromatic rings. The van der Waals surface area contributed by atoms with E-state index in [0.717, 1.165) is 18.0 Å². The Kier molecular flexibility index (Phi) is 5.12. The summed E-state index contributed by atoms with van der Waals surface area (Å²) in [5, 5.41) is 3.74. The Morgan fingerprint density at radius 1 is 1.50 bits per heavy atom. The molecule has 0 saturated carbocycles. The summed E-state index contributed by atoms with van der Waals surface area (Å²) >= 11 is 0. The van der Waals surface area contributed by atoms with Crippen molar-refractivity contribution in [2.45, 2.75) is 26.3 Å². The first-order valence-corrected chi connectivity index (χ1v) is 7.03. The number of urea groups is 1. The molecular formula is C15H22N4O. The number of rotatable bonds is 4. The summed E-state index contributed by atoms with van der Waals surface area (Å²) in [5.41, 5.74) is 9.35. The van der Waals surface area contributed by atoms with Crippen LogP contribution in [0.3, 0.4) is 0 Å². The van der Waals surface area contributed by atoms with Gasteiger partial charge in [-0.1, -0.05) is 31.2 Å². The first-order chi connectivity index (χ1) is 9.63. The lowest BCUT2D eigenvalue weighted by atomic mass is 10.00. The number of hydrazone groups is 1. The van der Waals surface area contributed by atoms with E-state index in [-0.39, 0.29) is 0 Å². The minimum absolute atomic E-state index is 0.655. The van der Waals surface area contributed by atoms with Crippen LogP contribution in [-0.4, -0.2) is 30.2 Å². The number of hydrogen-bond donors (Lipinski definition) is 2. The highest BCUT2D eigenvalue weighted by Gasteiger charge is 2.15. The summed E-state index contributed by atoms with van der Waals surface area (Å²) in [7, 11) is 0. The molecular weight excluding hydrogens is 252 g/mol. The summed E-state index contributed by atoms with van der Waals surface area (Å²) < 4.78 is 0. The second kappa shape index (κ2) is 7.05. The molecule has 1 aliphatic heterocycles. The summed E-state index contributed by atoms with van der Waals surface area (Å²) in [6, 6.07) is 7.54. The van der Waals surface area contributed by atoms with Crippen LogP contribution in [0.1, 0.15) is 30.9 Å². The zero-order chi connectivity index (χ0) is 14.4. The maximum atomic E-state index is 10.5. The van der Waals surface area contributed by atoms with E-state index in [9.17, 15) is 4.79 Å². The number of amides is 2. The van der Waals surface area contributed by atoms with Crippen molar-refractivity contribution in [3.63, 3.8) is 0 Å². The zero-order valence-corrected chi connectivity index (χ0v) is 11.9. The van der Waals surface area contributed by atoms with Crippen LogP contribution < -0.4 is 11.2 Å². The van der Waals surface area contributed by atoms with E-state index in [1.165, 1.54) is 31.5 Å². The van der Waals surface area contributed by atoms with Crippen molar-refractivity contribution in [2.75, 3.05) is 13.1 Å². The second-order valence-electron chi connectivity index (χ2n) is 5.46. The van der Waals surface area contributed by atoms with E-state index in [1.54, 1.807) is 6.21 Å². The molecule has 0 radical (unpaired) electrons. The van der Waals surface area contributed by atoms with Crippen molar-refractivity contribution < 1.29 is 4.79 Å². The maximum absolute atomic E-state index is 10.5. The third-order valence-electron chi connectivity index (χ3n) is 3.52.